The van der Waals surface area contributed by atoms with Crippen molar-refractivity contribution >= 4 is 22.6 Å². The highest BCUT2D eigenvalue weighted by molar-refractivity contribution is 6.03. The van der Waals surface area contributed by atoms with E-state index in [1.54, 1.807) is 25.2 Å². The van der Waals surface area contributed by atoms with E-state index in [1.807, 2.05) is 59.7 Å². The van der Waals surface area contributed by atoms with E-state index in [2.05, 4.69) is 5.32 Å². The fourth-order valence-electron chi connectivity index (χ4n) is 4.12. The molecule has 1 atom stereocenters. The molecule has 0 bridgehead atoms. The number of carbonyl (C=O) groups excluding carboxylic acids is 2. The number of aryl methyl sites for hydroxylation is 2. The summed E-state index contributed by atoms with van der Waals surface area (Å²) < 4.78 is 12.7. The molecule has 2 aromatic carbocycles. The maximum Gasteiger partial charge on any atom is 0.341 e. The molecule has 1 N–H and O–H groups in total. The molecule has 0 aliphatic heterocycles. The van der Waals surface area contributed by atoms with Crippen molar-refractivity contribution in [3.63, 3.8) is 0 Å². The second-order valence-corrected chi connectivity index (χ2v) is 9.68. The number of hydrogen-bond donors (Lipinski definition) is 1. The minimum Gasteiger partial charge on any atom is -0.467 e. The van der Waals surface area contributed by atoms with Crippen molar-refractivity contribution in [1.29, 1.82) is 0 Å². The van der Waals surface area contributed by atoms with Crippen molar-refractivity contribution in [2.75, 3.05) is 13.7 Å². The number of amides is 1. The van der Waals surface area contributed by atoms with E-state index in [-0.39, 0.29) is 11.5 Å². The summed E-state index contributed by atoms with van der Waals surface area (Å²) in [7, 11) is 2.91. The predicted octanol–water partition coefficient (Wildman–Crippen LogP) is 4.60. The second-order valence-electron chi connectivity index (χ2n) is 9.68. The molecule has 1 heterocycles. The van der Waals surface area contributed by atoms with Crippen LogP contribution in [0.1, 0.15) is 61.0 Å². The molecule has 1 amide bonds. The first kappa shape index (κ1) is 26.2. The van der Waals surface area contributed by atoms with Gasteiger partial charge >= 0.3 is 5.97 Å². The summed E-state index contributed by atoms with van der Waals surface area (Å²) in [6, 6.07) is 11.1. The molecule has 3 rings (SSSR count). The zero-order valence-corrected chi connectivity index (χ0v) is 21.7. The number of ether oxygens (including phenoxy) is 2. The SMILES string of the molecule is CCNC(=O)c1ccc2c(-c3ccc(C)c(C)c3)c(C(OC(C)(C)C)C(=O)OC)n(C)c(=O)c2c1. The van der Waals surface area contributed by atoms with Gasteiger partial charge in [0, 0.05) is 30.1 Å². The van der Waals surface area contributed by atoms with Crippen LogP contribution in [0.5, 0.6) is 0 Å². The number of benzene rings is 2. The maximum absolute atomic E-state index is 13.6. The van der Waals surface area contributed by atoms with Gasteiger partial charge in [-0.25, -0.2) is 4.79 Å². The lowest BCUT2D eigenvalue weighted by Gasteiger charge is -2.29. The number of rotatable bonds is 6. The first-order valence-corrected chi connectivity index (χ1v) is 11.7. The fourth-order valence-corrected chi connectivity index (χ4v) is 4.12. The van der Waals surface area contributed by atoms with Crippen LogP contribution in [0.15, 0.2) is 41.2 Å². The molecule has 0 saturated carbocycles. The van der Waals surface area contributed by atoms with Crippen molar-refractivity contribution in [2.24, 2.45) is 7.05 Å². The van der Waals surface area contributed by atoms with Crippen molar-refractivity contribution in [2.45, 2.75) is 53.2 Å². The Morgan fingerprint density at radius 2 is 1.71 bits per heavy atom. The molecular formula is C28H34N2O5. The smallest absolute Gasteiger partial charge is 0.341 e. The molecule has 0 spiro atoms. The van der Waals surface area contributed by atoms with Gasteiger partial charge in [0.25, 0.3) is 11.5 Å². The minimum absolute atomic E-state index is 0.253. The number of methoxy groups -OCH3 is 1. The van der Waals surface area contributed by atoms with Gasteiger partial charge in [-0.15, -0.1) is 0 Å². The first-order chi connectivity index (χ1) is 16.4. The molecule has 1 unspecified atom stereocenters. The van der Waals surface area contributed by atoms with Gasteiger partial charge in [0.1, 0.15) is 0 Å². The lowest BCUT2D eigenvalue weighted by Crippen LogP contribution is -2.33. The minimum atomic E-state index is -1.14. The Morgan fingerprint density at radius 3 is 2.29 bits per heavy atom. The quantitative estimate of drug-likeness (QED) is 0.523. The van der Waals surface area contributed by atoms with Gasteiger partial charge in [-0.2, -0.15) is 0 Å². The number of aromatic nitrogens is 1. The molecule has 35 heavy (non-hydrogen) atoms. The first-order valence-electron chi connectivity index (χ1n) is 11.7. The van der Waals surface area contributed by atoms with Gasteiger partial charge < -0.3 is 19.4 Å². The predicted molar refractivity (Wildman–Crippen MR) is 138 cm³/mol. The van der Waals surface area contributed by atoms with E-state index >= 15 is 0 Å². The monoisotopic (exact) mass is 478 g/mol. The number of nitrogens with zero attached hydrogens (tertiary/aromatic N) is 1. The maximum atomic E-state index is 13.6. The van der Waals surface area contributed by atoms with Crippen LogP contribution in [0.4, 0.5) is 0 Å². The zero-order valence-electron chi connectivity index (χ0n) is 21.7. The van der Waals surface area contributed by atoms with Crippen molar-refractivity contribution in [3.8, 4) is 11.1 Å². The van der Waals surface area contributed by atoms with Gasteiger partial charge in [-0.3, -0.25) is 9.59 Å². The Balaban J connectivity index is 2.48. The van der Waals surface area contributed by atoms with Crippen LogP contribution in [0, 0.1) is 13.8 Å². The van der Waals surface area contributed by atoms with Crippen LogP contribution in [0.2, 0.25) is 0 Å². The largest absolute Gasteiger partial charge is 0.467 e. The van der Waals surface area contributed by atoms with Gasteiger partial charge in [-0.05, 0) is 75.8 Å². The van der Waals surface area contributed by atoms with E-state index in [0.717, 1.165) is 16.7 Å². The molecular weight excluding hydrogens is 444 g/mol. The summed E-state index contributed by atoms with van der Waals surface area (Å²) in [5.41, 5.74) is 3.49. The Kier molecular flexibility index (Phi) is 7.50. The summed E-state index contributed by atoms with van der Waals surface area (Å²) in [6.07, 6.45) is -1.14. The summed E-state index contributed by atoms with van der Waals surface area (Å²) in [4.78, 5) is 39.1. The molecule has 0 fully saturated rings. The van der Waals surface area contributed by atoms with Crippen molar-refractivity contribution in [3.05, 3.63) is 69.1 Å². The Morgan fingerprint density at radius 1 is 1.03 bits per heavy atom. The zero-order chi connectivity index (χ0) is 26.1. The summed E-state index contributed by atoms with van der Waals surface area (Å²) in [5, 5.41) is 3.78. The molecule has 7 nitrogen and oxygen atoms in total. The molecule has 0 aliphatic rings. The van der Waals surface area contributed by atoms with Gasteiger partial charge in [-0.1, -0.05) is 24.3 Å². The average Bonchev–Trinajstić information content (AvgIpc) is 2.80. The van der Waals surface area contributed by atoms with E-state index in [9.17, 15) is 14.4 Å². The lowest BCUT2D eigenvalue weighted by atomic mass is 9.91. The number of pyridine rings is 1. The van der Waals surface area contributed by atoms with E-state index < -0.39 is 17.7 Å². The molecule has 0 radical (unpaired) electrons. The normalized spacial score (nSPS) is 12.5. The highest BCUT2D eigenvalue weighted by Gasteiger charge is 2.34. The fraction of sp³-hybridized carbons (Fsp3) is 0.393. The Labute approximate surface area is 206 Å². The summed E-state index contributed by atoms with van der Waals surface area (Å²) >= 11 is 0. The summed E-state index contributed by atoms with van der Waals surface area (Å²) in [5.74, 6) is -0.852. The molecule has 1 aromatic heterocycles. The van der Waals surface area contributed by atoms with Crippen molar-refractivity contribution < 1.29 is 19.1 Å². The number of hydrogen-bond acceptors (Lipinski definition) is 5. The van der Waals surface area contributed by atoms with Gasteiger partial charge in [0.2, 0.25) is 0 Å². The summed E-state index contributed by atoms with van der Waals surface area (Å²) in [6.45, 7) is 11.9. The molecule has 186 valence electrons. The third-order valence-electron chi connectivity index (χ3n) is 5.97. The number of nitrogens with one attached hydrogen (secondary N) is 1. The second kappa shape index (κ2) is 10.0. The van der Waals surface area contributed by atoms with Crippen molar-refractivity contribution in [1.82, 2.24) is 9.88 Å². The van der Waals surface area contributed by atoms with Crippen LogP contribution >= 0.6 is 0 Å². The standard InChI is InChI=1S/C28H34N2O5/c1-9-29-25(31)19-12-13-20-21(15-19)26(32)30(7)23(24(27(33)34-8)35-28(4,5)6)22(20)18-11-10-16(2)17(3)14-18/h10-15,24H,9H2,1-8H3,(H,29,31). The lowest BCUT2D eigenvalue weighted by molar-refractivity contribution is -0.165. The molecule has 7 heteroatoms. The highest BCUT2D eigenvalue weighted by Crippen LogP contribution is 2.38. The van der Waals surface area contributed by atoms with Crippen LogP contribution in [-0.4, -0.2) is 35.7 Å². The Hall–Kier alpha value is -3.45. The third kappa shape index (κ3) is 5.30. The van der Waals surface area contributed by atoms with Gasteiger partial charge in [0.15, 0.2) is 6.10 Å². The number of esters is 1. The molecule has 3 aromatic rings. The third-order valence-corrected chi connectivity index (χ3v) is 5.97. The van der Waals surface area contributed by atoms with E-state index in [1.165, 1.54) is 11.7 Å². The molecule has 0 saturated heterocycles. The molecule has 0 aliphatic carbocycles. The average molecular weight is 479 g/mol. The van der Waals surface area contributed by atoms with Crippen LogP contribution < -0.4 is 10.9 Å². The van der Waals surface area contributed by atoms with Crippen LogP contribution in [-0.2, 0) is 21.3 Å². The highest BCUT2D eigenvalue weighted by atomic mass is 16.6. The number of carbonyl (C=O) groups is 2. The van der Waals surface area contributed by atoms with E-state index in [4.69, 9.17) is 9.47 Å². The van der Waals surface area contributed by atoms with Gasteiger partial charge in [0.05, 0.1) is 18.4 Å². The Bertz CT molecular complexity index is 1350. The van der Waals surface area contributed by atoms with Crippen LogP contribution in [0.25, 0.3) is 21.9 Å². The topological polar surface area (TPSA) is 86.6 Å². The van der Waals surface area contributed by atoms with E-state index in [0.29, 0.717) is 34.1 Å². The van der Waals surface area contributed by atoms with Crippen LogP contribution in [0.3, 0.4) is 0 Å². The number of fused-ring (bicyclic) bond motifs is 1.